The zero-order valence-electron chi connectivity index (χ0n) is 11.0. The molecule has 0 atom stereocenters. The summed E-state index contributed by atoms with van der Waals surface area (Å²) in [6, 6.07) is 12.7. The van der Waals surface area contributed by atoms with E-state index < -0.39 is 0 Å². The average molecular weight is 315 g/mol. The smallest absolute Gasteiger partial charge is 0.0961 e. The number of imidazole rings is 1. The molecule has 0 unspecified atom stereocenters. The van der Waals surface area contributed by atoms with E-state index >= 15 is 0 Å². The number of hydrogen-bond acceptors (Lipinski definition) is 1. The van der Waals surface area contributed by atoms with Crippen LogP contribution in [0.3, 0.4) is 0 Å². The summed E-state index contributed by atoms with van der Waals surface area (Å²) in [5.41, 5.74) is 6.12. The van der Waals surface area contributed by atoms with Crippen LogP contribution in [0.5, 0.6) is 0 Å². The van der Waals surface area contributed by atoms with E-state index in [-0.39, 0.29) is 0 Å². The van der Waals surface area contributed by atoms with Crippen LogP contribution in [0.15, 0.2) is 47.2 Å². The van der Waals surface area contributed by atoms with Crippen LogP contribution < -0.4 is 0 Å². The Labute approximate surface area is 121 Å². The third-order valence-electron chi connectivity index (χ3n) is 3.54. The quantitative estimate of drug-likeness (QED) is 0.682. The van der Waals surface area contributed by atoms with Gasteiger partial charge in [-0.05, 0) is 48.7 Å². The lowest BCUT2D eigenvalue weighted by Crippen LogP contribution is -1.99. The average Bonchev–Trinajstić information content (AvgIpc) is 2.76. The molecule has 96 valence electrons. The summed E-state index contributed by atoms with van der Waals surface area (Å²) < 4.78 is 3.34. The maximum Gasteiger partial charge on any atom is 0.0961 e. The fourth-order valence-corrected chi connectivity index (χ4v) is 2.66. The van der Waals surface area contributed by atoms with Gasteiger partial charge in [0.15, 0.2) is 0 Å². The van der Waals surface area contributed by atoms with Crippen molar-refractivity contribution in [3.05, 3.63) is 63.9 Å². The zero-order chi connectivity index (χ0) is 13.4. The van der Waals surface area contributed by atoms with Crippen LogP contribution in [0.1, 0.15) is 16.7 Å². The zero-order valence-corrected chi connectivity index (χ0v) is 12.6. The minimum absolute atomic E-state index is 0.834. The van der Waals surface area contributed by atoms with Crippen molar-refractivity contribution in [2.75, 3.05) is 0 Å². The first-order chi connectivity index (χ1) is 9.15. The van der Waals surface area contributed by atoms with Crippen LogP contribution in [0.4, 0.5) is 0 Å². The van der Waals surface area contributed by atoms with Crippen molar-refractivity contribution in [2.24, 2.45) is 0 Å². The van der Waals surface area contributed by atoms with Gasteiger partial charge in [-0.1, -0.05) is 34.1 Å². The van der Waals surface area contributed by atoms with E-state index in [1.807, 2.05) is 12.4 Å². The van der Waals surface area contributed by atoms with Gasteiger partial charge in [0.25, 0.3) is 0 Å². The number of aryl methyl sites for hydroxylation is 2. The number of fused-ring (bicyclic) bond motifs is 1. The topological polar surface area (TPSA) is 17.8 Å². The first-order valence-electron chi connectivity index (χ1n) is 6.30. The maximum absolute atomic E-state index is 4.49. The lowest BCUT2D eigenvalue weighted by molar-refractivity contribution is 0.820. The third-order valence-corrected chi connectivity index (χ3v) is 4.31. The second kappa shape index (κ2) is 4.82. The van der Waals surface area contributed by atoms with Crippen molar-refractivity contribution >= 4 is 27.0 Å². The van der Waals surface area contributed by atoms with E-state index in [4.69, 9.17) is 0 Å². The minimum atomic E-state index is 0.834. The largest absolute Gasteiger partial charge is 0.326 e. The van der Waals surface area contributed by atoms with Gasteiger partial charge in [-0.2, -0.15) is 0 Å². The highest BCUT2D eigenvalue weighted by Gasteiger charge is 2.06. The maximum atomic E-state index is 4.49. The molecule has 0 aliphatic heterocycles. The molecule has 0 bridgehead atoms. The van der Waals surface area contributed by atoms with Gasteiger partial charge in [-0.25, -0.2) is 4.98 Å². The Balaban J connectivity index is 2.07. The third kappa shape index (κ3) is 2.30. The molecule has 1 aromatic heterocycles. The summed E-state index contributed by atoms with van der Waals surface area (Å²) in [6.45, 7) is 5.10. The molecule has 1 heterocycles. The molecule has 0 aliphatic carbocycles. The van der Waals surface area contributed by atoms with Gasteiger partial charge in [-0.3, -0.25) is 0 Å². The molecule has 0 aliphatic rings. The van der Waals surface area contributed by atoms with Crippen molar-refractivity contribution in [3.8, 4) is 0 Å². The predicted molar refractivity (Wildman–Crippen MR) is 82.5 cm³/mol. The Kier molecular flexibility index (Phi) is 3.15. The Morgan fingerprint density at radius 2 is 1.84 bits per heavy atom. The summed E-state index contributed by atoms with van der Waals surface area (Å²) in [6.07, 6.45) is 1.92. The number of rotatable bonds is 2. The molecule has 0 saturated heterocycles. The van der Waals surface area contributed by atoms with E-state index in [1.54, 1.807) is 0 Å². The van der Waals surface area contributed by atoms with Gasteiger partial charge in [0, 0.05) is 4.47 Å². The van der Waals surface area contributed by atoms with Crippen molar-refractivity contribution in [1.82, 2.24) is 9.55 Å². The molecule has 19 heavy (non-hydrogen) atoms. The molecule has 0 spiro atoms. The van der Waals surface area contributed by atoms with Gasteiger partial charge in [-0.15, -0.1) is 0 Å². The second-order valence-corrected chi connectivity index (χ2v) is 5.74. The highest BCUT2D eigenvalue weighted by atomic mass is 79.9. The van der Waals surface area contributed by atoms with Crippen molar-refractivity contribution in [1.29, 1.82) is 0 Å². The van der Waals surface area contributed by atoms with Gasteiger partial charge in [0.05, 0.1) is 23.9 Å². The molecule has 0 fully saturated rings. The standard InChI is InChI=1S/C16H15BrN2/c1-11-7-15-16(8-12(11)2)19(10-18-15)9-13-5-3-4-6-14(13)17/h3-8,10H,9H2,1-2H3. The Morgan fingerprint density at radius 3 is 2.63 bits per heavy atom. The summed E-state index contributed by atoms with van der Waals surface area (Å²) in [4.78, 5) is 4.49. The summed E-state index contributed by atoms with van der Waals surface area (Å²) in [5.74, 6) is 0. The van der Waals surface area contributed by atoms with Gasteiger partial charge in [0.1, 0.15) is 0 Å². The molecule has 2 nitrogen and oxygen atoms in total. The SMILES string of the molecule is Cc1cc2ncn(Cc3ccccc3Br)c2cc1C. The highest BCUT2D eigenvalue weighted by molar-refractivity contribution is 9.10. The normalized spacial score (nSPS) is 11.1. The molecule has 0 radical (unpaired) electrons. The van der Waals surface area contributed by atoms with E-state index in [0.29, 0.717) is 0 Å². The first kappa shape index (κ1) is 12.4. The summed E-state index contributed by atoms with van der Waals surface area (Å²) in [7, 11) is 0. The number of hydrogen-bond donors (Lipinski definition) is 0. The van der Waals surface area contributed by atoms with Crippen LogP contribution in [-0.2, 0) is 6.54 Å². The van der Waals surface area contributed by atoms with Gasteiger partial charge >= 0.3 is 0 Å². The molecule has 0 saturated carbocycles. The number of benzene rings is 2. The van der Waals surface area contributed by atoms with Crippen LogP contribution in [0.25, 0.3) is 11.0 Å². The van der Waals surface area contributed by atoms with Crippen molar-refractivity contribution < 1.29 is 0 Å². The summed E-state index contributed by atoms with van der Waals surface area (Å²) >= 11 is 3.60. The molecular weight excluding hydrogens is 300 g/mol. The number of nitrogens with zero attached hydrogens (tertiary/aromatic N) is 2. The molecule has 2 aromatic carbocycles. The van der Waals surface area contributed by atoms with E-state index in [1.165, 1.54) is 22.2 Å². The van der Waals surface area contributed by atoms with E-state index in [2.05, 4.69) is 69.7 Å². The molecule has 3 rings (SSSR count). The van der Waals surface area contributed by atoms with E-state index in [9.17, 15) is 0 Å². The lowest BCUT2D eigenvalue weighted by atomic mass is 10.1. The second-order valence-electron chi connectivity index (χ2n) is 4.89. The van der Waals surface area contributed by atoms with Crippen LogP contribution in [0.2, 0.25) is 0 Å². The van der Waals surface area contributed by atoms with Crippen molar-refractivity contribution in [3.63, 3.8) is 0 Å². The molecule has 3 heteroatoms. The molecule has 0 amide bonds. The fourth-order valence-electron chi connectivity index (χ4n) is 2.25. The van der Waals surface area contributed by atoms with Crippen LogP contribution in [-0.4, -0.2) is 9.55 Å². The van der Waals surface area contributed by atoms with E-state index in [0.717, 1.165) is 16.5 Å². The number of halogens is 1. The summed E-state index contributed by atoms with van der Waals surface area (Å²) in [5, 5.41) is 0. The Morgan fingerprint density at radius 1 is 1.11 bits per heavy atom. The Bertz CT molecular complexity index is 744. The van der Waals surface area contributed by atoms with Crippen molar-refractivity contribution in [2.45, 2.75) is 20.4 Å². The highest BCUT2D eigenvalue weighted by Crippen LogP contribution is 2.22. The monoisotopic (exact) mass is 314 g/mol. The lowest BCUT2D eigenvalue weighted by Gasteiger charge is -2.08. The first-order valence-corrected chi connectivity index (χ1v) is 7.10. The van der Waals surface area contributed by atoms with Gasteiger partial charge < -0.3 is 4.57 Å². The fraction of sp³-hybridized carbons (Fsp3) is 0.188. The molecule has 3 aromatic rings. The minimum Gasteiger partial charge on any atom is -0.326 e. The predicted octanol–water partition coefficient (Wildman–Crippen LogP) is 4.46. The Hall–Kier alpha value is -1.61. The van der Waals surface area contributed by atoms with Gasteiger partial charge in [0.2, 0.25) is 0 Å². The molecular formula is C16H15BrN2. The number of aromatic nitrogens is 2. The molecule has 0 N–H and O–H groups in total. The van der Waals surface area contributed by atoms with Crippen LogP contribution in [0, 0.1) is 13.8 Å². The van der Waals surface area contributed by atoms with Crippen LogP contribution >= 0.6 is 15.9 Å².